The summed E-state index contributed by atoms with van der Waals surface area (Å²) >= 11 is 0. The fourth-order valence-electron chi connectivity index (χ4n) is 1.81. The van der Waals surface area contributed by atoms with E-state index in [1.807, 2.05) is 0 Å². The number of carboxylic acid groups (broad SMARTS) is 2. The van der Waals surface area contributed by atoms with Gasteiger partial charge in [0.25, 0.3) is 0 Å². The maximum Gasteiger partial charge on any atom is 0.408 e. The average molecular weight is 227 g/mol. The first-order chi connectivity index (χ1) is 7.59. The third-order valence-electron chi connectivity index (χ3n) is 2.56. The van der Waals surface area contributed by atoms with Crippen LogP contribution in [-0.4, -0.2) is 60.4 Å². The lowest BCUT2D eigenvalue weighted by atomic mass is 10.1. The van der Waals surface area contributed by atoms with Crippen LogP contribution in [-0.2, 0) is 4.79 Å². The summed E-state index contributed by atoms with van der Waals surface area (Å²) in [4.78, 5) is 22.6. The molecule has 1 fully saturated rings. The number of aliphatic carboxylic acids is 1. The molecule has 86 valence electrons. The lowest BCUT2D eigenvalue weighted by Crippen LogP contribution is -2.39. The molecule has 16 heavy (non-hydrogen) atoms. The van der Waals surface area contributed by atoms with Crippen LogP contribution < -0.4 is 0 Å². The topological polar surface area (TPSA) is 132 Å². The van der Waals surface area contributed by atoms with Crippen LogP contribution in [0, 0.1) is 0 Å². The number of hydrogen-bond acceptors (Lipinski definition) is 5. The highest BCUT2D eigenvalue weighted by atomic mass is 16.4. The maximum absolute atomic E-state index is 10.9. The number of nitrogens with zero attached hydrogens (tertiary/aromatic N) is 4. The Balaban J connectivity index is 2.18. The number of H-pyrrole nitrogens is 1. The molecule has 1 aliphatic rings. The summed E-state index contributed by atoms with van der Waals surface area (Å²) in [6, 6.07) is -1.04. The molecule has 1 aromatic rings. The molecule has 3 N–H and O–H groups in total. The molecule has 0 bridgehead atoms. The number of rotatable bonds is 2. The number of carboxylic acids is 1. The molecule has 0 aromatic carbocycles. The molecule has 9 heteroatoms. The minimum atomic E-state index is -1.25. The van der Waals surface area contributed by atoms with E-state index in [-0.39, 0.29) is 18.9 Å². The maximum atomic E-state index is 10.9. The molecule has 0 spiro atoms. The summed E-state index contributed by atoms with van der Waals surface area (Å²) in [6.45, 7) is 0.0752. The SMILES string of the molecule is O=C(O)C1CC(c2nn[nH]n2)CN1C(=O)O. The minimum Gasteiger partial charge on any atom is -0.480 e. The summed E-state index contributed by atoms with van der Waals surface area (Å²) in [7, 11) is 0. The van der Waals surface area contributed by atoms with E-state index in [0.717, 1.165) is 4.90 Å². The van der Waals surface area contributed by atoms with E-state index < -0.39 is 18.1 Å². The number of tetrazole rings is 1. The second-order valence-electron chi connectivity index (χ2n) is 3.49. The zero-order valence-corrected chi connectivity index (χ0v) is 8.07. The van der Waals surface area contributed by atoms with Crippen molar-refractivity contribution >= 4 is 12.1 Å². The number of hydrogen-bond donors (Lipinski definition) is 3. The van der Waals surface area contributed by atoms with Gasteiger partial charge in [-0.2, -0.15) is 5.21 Å². The molecular weight excluding hydrogens is 218 g/mol. The summed E-state index contributed by atoms with van der Waals surface area (Å²) in [5.74, 6) is -1.14. The minimum absolute atomic E-state index is 0.0752. The van der Waals surface area contributed by atoms with Crippen molar-refractivity contribution in [2.24, 2.45) is 0 Å². The first-order valence-electron chi connectivity index (χ1n) is 4.55. The van der Waals surface area contributed by atoms with Gasteiger partial charge in [0.05, 0.1) is 0 Å². The van der Waals surface area contributed by atoms with Gasteiger partial charge in [0.2, 0.25) is 0 Å². The Morgan fingerprint density at radius 1 is 1.44 bits per heavy atom. The Kier molecular flexibility index (Phi) is 2.43. The van der Waals surface area contributed by atoms with Crippen LogP contribution >= 0.6 is 0 Å². The third-order valence-corrected chi connectivity index (χ3v) is 2.56. The number of aromatic amines is 1. The molecule has 2 unspecified atom stereocenters. The molecule has 9 nitrogen and oxygen atoms in total. The molecule has 0 radical (unpaired) electrons. The summed E-state index contributed by atoms with van der Waals surface area (Å²) in [5.41, 5.74) is 0. The van der Waals surface area contributed by atoms with Crippen molar-refractivity contribution in [3.8, 4) is 0 Å². The second kappa shape index (κ2) is 3.76. The molecule has 2 rings (SSSR count). The van der Waals surface area contributed by atoms with Crippen molar-refractivity contribution in [1.82, 2.24) is 25.5 Å². The van der Waals surface area contributed by atoms with Gasteiger partial charge in [0, 0.05) is 12.5 Å². The number of aromatic nitrogens is 4. The van der Waals surface area contributed by atoms with E-state index in [1.54, 1.807) is 0 Å². The lowest BCUT2D eigenvalue weighted by molar-refractivity contribution is -0.141. The first-order valence-corrected chi connectivity index (χ1v) is 4.55. The van der Waals surface area contributed by atoms with E-state index in [1.165, 1.54) is 0 Å². The van der Waals surface area contributed by atoms with Gasteiger partial charge < -0.3 is 10.2 Å². The van der Waals surface area contributed by atoms with E-state index in [2.05, 4.69) is 20.6 Å². The number of amides is 1. The molecule has 2 heterocycles. The molecule has 1 aromatic heterocycles. The first kappa shape index (κ1) is 10.3. The van der Waals surface area contributed by atoms with Crippen LogP contribution in [0.25, 0.3) is 0 Å². The zero-order valence-electron chi connectivity index (χ0n) is 8.07. The van der Waals surface area contributed by atoms with E-state index in [4.69, 9.17) is 10.2 Å². The lowest BCUT2D eigenvalue weighted by Gasteiger charge is -2.16. The van der Waals surface area contributed by atoms with Crippen molar-refractivity contribution < 1.29 is 19.8 Å². The van der Waals surface area contributed by atoms with Crippen LogP contribution in [0.4, 0.5) is 4.79 Å². The highest BCUT2D eigenvalue weighted by molar-refractivity contribution is 5.80. The number of nitrogens with one attached hydrogen (secondary N) is 1. The Bertz CT molecular complexity index is 383. The summed E-state index contributed by atoms with van der Waals surface area (Å²) in [5, 5.41) is 30.8. The predicted molar refractivity (Wildman–Crippen MR) is 47.7 cm³/mol. The highest BCUT2D eigenvalue weighted by Gasteiger charge is 2.41. The van der Waals surface area contributed by atoms with Gasteiger partial charge in [0.1, 0.15) is 6.04 Å². The van der Waals surface area contributed by atoms with Crippen molar-refractivity contribution in [1.29, 1.82) is 0 Å². The van der Waals surface area contributed by atoms with Gasteiger partial charge in [-0.05, 0) is 6.42 Å². The molecule has 1 saturated heterocycles. The zero-order chi connectivity index (χ0) is 11.7. The fourth-order valence-corrected chi connectivity index (χ4v) is 1.81. The van der Waals surface area contributed by atoms with Crippen molar-refractivity contribution in [3.63, 3.8) is 0 Å². The van der Waals surface area contributed by atoms with E-state index >= 15 is 0 Å². The third kappa shape index (κ3) is 1.66. The summed E-state index contributed by atoms with van der Waals surface area (Å²) in [6.07, 6.45) is -1.08. The number of carbonyl (C=O) groups is 2. The van der Waals surface area contributed by atoms with Gasteiger partial charge in [0.15, 0.2) is 5.82 Å². The van der Waals surface area contributed by atoms with Gasteiger partial charge in [-0.3, -0.25) is 4.90 Å². The van der Waals surface area contributed by atoms with Gasteiger partial charge >= 0.3 is 12.1 Å². The molecule has 1 amide bonds. The van der Waals surface area contributed by atoms with Crippen LogP contribution in [0.3, 0.4) is 0 Å². The van der Waals surface area contributed by atoms with Crippen molar-refractivity contribution in [2.45, 2.75) is 18.4 Å². The largest absolute Gasteiger partial charge is 0.480 e. The second-order valence-corrected chi connectivity index (χ2v) is 3.49. The van der Waals surface area contributed by atoms with Crippen LogP contribution in [0.1, 0.15) is 18.2 Å². The van der Waals surface area contributed by atoms with Gasteiger partial charge in [-0.1, -0.05) is 5.21 Å². The van der Waals surface area contributed by atoms with Crippen molar-refractivity contribution in [2.75, 3.05) is 6.54 Å². The van der Waals surface area contributed by atoms with Gasteiger partial charge in [-0.15, -0.1) is 10.2 Å². The Morgan fingerprint density at radius 3 is 2.62 bits per heavy atom. The summed E-state index contributed by atoms with van der Waals surface area (Å²) < 4.78 is 0. The number of likely N-dealkylation sites (tertiary alicyclic amines) is 1. The Hall–Kier alpha value is -2.19. The standard InChI is InChI=1S/C7H9N5O4/c13-6(14)4-1-3(2-12(4)7(15)16)5-8-10-11-9-5/h3-4H,1-2H2,(H,13,14)(H,15,16)(H,8,9,10,11). The quantitative estimate of drug-likeness (QED) is 0.597. The van der Waals surface area contributed by atoms with Gasteiger partial charge in [-0.25, -0.2) is 9.59 Å². The monoisotopic (exact) mass is 227 g/mol. The smallest absolute Gasteiger partial charge is 0.408 e. The van der Waals surface area contributed by atoms with E-state index in [9.17, 15) is 9.59 Å². The average Bonchev–Trinajstić information content (AvgIpc) is 2.86. The normalized spacial score (nSPS) is 24.6. The molecule has 0 aliphatic carbocycles. The van der Waals surface area contributed by atoms with Crippen molar-refractivity contribution in [3.05, 3.63) is 5.82 Å². The Morgan fingerprint density at radius 2 is 2.19 bits per heavy atom. The molecule has 2 atom stereocenters. The van der Waals surface area contributed by atoms with Crippen LogP contribution in [0.2, 0.25) is 0 Å². The molecular formula is C7H9N5O4. The fraction of sp³-hybridized carbons (Fsp3) is 0.571. The molecule has 1 aliphatic heterocycles. The van der Waals surface area contributed by atoms with Crippen LogP contribution in [0.5, 0.6) is 0 Å². The Labute approximate surface area is 89.1 Å². The van der Waals surface area contributed by atoms with Crippen LogP contribution in [0.15, 0.2) is 0 Å². The molecule has 0 saturated carbocycles. The van der Waals surface area contributed by atoms with E-state index in [0.29, 0.717) is 5.82 Å². The predicted octanol–water partition coefficient (Wildman–Crippen LogP) is -0.880. The highest BCUT2D eigenvalue weighted by Crippen LogP contribution is 2.29.